The average molecular weight is 371 g/mol. The number of halogens is 2. The van der Waals surface area contributed by atoms with Gasteiger partial charge in [-0.1, -0.05) is 15.9 Å². The van der Waals surface area contributed by atoms with E-state index >= 15 is 0 Å². The first-order valence-corrected chi connectivity index (χ1v) is 7.72. The lowest BCUT2D eigenvalue weighted by Crippen LogP contribution is -2.33. The molecule has 0 saturated heterocycles. The van der Waals surface area contributed by atoms with Crippen molar-refractivity contribution in [2.75, 3.05) is 7.05 Å². The fourth-order valence-corrected chi connectivity index (χ4v) is 3.94. The predicted octanol–water partition coefficient (Wildman–Crippen LogP) is 3.24. The van der Waals surface area contributed by atoms with Crippen LogP contribution < -0.4 is 0 Å². The summed E-state index contributed by atoms with van der Waals surface area (Å²) in [6.07, 6.45) is 0. The normalized spacial score (nSPS) is 12.4. The van der Waals surface area contributed by atoms with Gasteiger partial charge in [-0.2, -0.15) is 4.31 Å². The first kappa shape index (κ1) is 14.2. The molecule has 6 heteroatoms. The van der Waals surface area contributed by atoms with Gasteiger partial charge in [0.25, 0.3) is 0 Å². The first-order chi connectivity index (χ1) is 7.26. The molecular formula is C10H13Br2NO2S. The van der Waals surface area contributed by atoms with Gasteiger partial charge in [-0.05, 0) is 48.0 Å². The highest BCUT2D eigenvalue weighted by atomic mass is 79.9. The van der Waals surface area contributed by atoms with Crippen molar-refractivity contribution in [1.82, 2.24) is 4.31 Å². The third-order valence-corrected chi connectivity index (χ3v) is 5.80. The number of rotatable bonds is 3. The van der Waals surface area contributed by atoms with Crippen molar-refractivity contribution in [3.05, 3.63) is 27.1 Å². The van der Waals surface area contributed by atoms with Crippen LogP contribution in [0.15, 0.2) is 32.0 Å². The Labute approximate surface area is 113 Å². The zero-order valence-corrected chi connectivity index (χ0v) is 13.2. The van der Waals surface area contributed by atoms with Gasteiger partial charge in [0.2, 0.25) is 10.0 Å². The SMILES string of the molecule is CC(C)N(C)S(=O)(=O)c1cc(Br)ccc1Br. The molecule has 1 aromatic carbocycles. The molecule has 0 aromatic heterocycles. The van der Waals surface area contributed by atoms with E-state index < -0.39 is 10.0 Å². The van der Waals surface area contributed by atoms with Crippen LogP contribution in [0.5, 0.6) is 0 Å². The van der Waals surface area contributed by atoms with Crippen LogP contribution in [0.1, 0.15) is 13.8 Å². The van der Waals surface area contributed by atoms with Crippen molar-refractivity contribution in [2.24, 2.45) is 0 Å². The maximum atomic E-state index is 12.2. The average Bonchev–Trinajstić information content (AvgIpc) is 2.20. The van der Waals surface area contributed by atoms with E-state index in [-0.39, 0.29) is 10.9 Å². The van der Waals surface area contributed by atoms with Gasteiger partial charge in [0, 0.05) is 22.0 Å². The van der Waals surface area contributed by atoms with Crippen LogP contribution in [0.4, 0.5) is 0 Å². The second-order valence-corrected chi connectivity index (χ2v) is 7.43. The van der Waals surface area contributed by atoms with Crippen LogP contribution >= 0.6 is 31.9 Å². The third kappa shape index (κ3) is 2.85. The van der Waals surface area contributed by atoms with Gasteiger partial charge >= 0.3 is 0 Å². The van der Waals surface area contributed by atoms with E-state index in [1.54, 1.807) is 25.2 Å². The molecular weight excluding hydrogens is 358 g/mol. The van der Waals surface area contributed by atoms with E-state index in [4.69, 9.17) is 0 Å². The summed E-state index contributed by atoms with van der Waals surface area (Å²) in [5.74, 6) is 0. The Kier molecular flexibility index (Phi) is 4.57. The lowest BCUT2D eigenvalue weighted by atomic mass is 10.4. The molecule has 0 radical (unpaired) electrons. The molecule has 0 heterocycles. The standard InChI is InChI=1S/C10H13Br2NO2S/c1-7(2)13(3)16(14,15)10-6-8(11)4-5-9(10)12/h4-7H,1-3H3. The summed E-state index contributed by atoms with van der Waals surface area (Å²) in [4.78, 5) is 0.276. The number of nitrogens with zero attached hydrogens (tertiary/aromatic N) is 1. The highest BCUT2D eigenvalue weighted by molar-refractivity contribution is 9.11. The molecule has 0 saturated carbocycles. The molecule has 90 valence electrons. The van der Waals surface area contributed by atoms with Crippen molar-refractivity contribution in [2.45, 2.75) is 24.8 Å². The molecule has 0 aliphatic rings. The molecule has 0 amide bonds. The Bertz CT molecular complexity index is 486. The lowest BCUT2D eigenvalue weighted by molar-refractivity contribution is 0.410. The van der Waals surface area contributed by atoms with Crippen molar-refractivity contribution < 1.29 is 8.42 Å². The zero-order chi connectivity index (χ0) is 12.5. The summed E-state index contributed by atoms with van der Waals surface area (Å²) in [5.41, 5.74) is 0. The largest absolute Gasteiger partial charge is 0.244 e. The second-order valence-electron chi connectivity index (χ2n) is 3.69. The molecule has 0 atom stereocenters. The number of hydrogen-bond acceptors (Lipinski definition) is 2. The minimum Gasteiger partial charge on any atom is -0.207 e. The lowest BCUT2D eigenvalue weighted by Gasteiger charge is -2.21. The van der Waals surface area contributed by atoms with Crippen molar-refractivity contribution in [3.63, 3.8) is 0 Å². The molecule has 16 heavy (non-hydrogen) atoms. The van der Waals surface area contributed by atoms with Gasteiger partial charge in [0.15, 0.2) is 0 Å². The minimum atomic E-state index is -3.43. The predicted molar refractivity (Wildman–Crippen MR) is 71.9 cm³/mol. The molecule has 3 nitrogen and oxygen atoms in total. The van der Waals surface area contributed by atoms with E-state index in [0.717, 1.165) is 4.47 Å². The summed E-state index contributed by atoms with van der Waals surface area (Å²) in [7, 11) is -1.86. The van der Waals surface area contributed by atoms with Gasteiger partial charge in [0.05, 0.1) is 4.90 Å². The van der Waals surface area contributed by atoms with Gasteiger partial charge in [-0.3, -0.25) is 0 Å². The summed E-state index contributed by atoms with van der Waals surface area (Å²) in [5, 5.41) is 0. The monoisotopic (exact) mass is 369 g/mol. The van der Waals surface area contributed by atoms with Gasteiger partial charge in [-0.15, -0.1) is 0 Å². The Morgan fingerprint density at radius 2 is 1.81 bits per heavy atom. The number of benzene rings is 1. The molecule has 0 unspecified atom stereocenters. The summed E-state index contributed by atoms with van der Waals surface area (Å²) in [6, 6.07) is 5.03. The van der Waals surface area contributed by atoms with Crippen LogP contribution in [-0.2, 0) is 10.0 Å². The summed E-state index contributed by atoms with van der Waals surface area (Å²) >= 11 is 6.53. The molecule has 0 fully saturated rings. The van der Waals surface area contributed by atoms with Crippen LogP contribution in [0.25, 0.3) is 0 Å². The van der Waals surface area contributed by atoms with Crippen LogP contribution in [-0.4, -0.2) is 25.8 Å². The minimum absolute atomic E-state index is 0.0733. The highest BCUT2D eigenvalue weighted by Crippen LogP contribution is 2.28. The quantitative estimate of drug-likeness (QED) is 0.818. The molecule has 0 bridgehead atoms. The fourth-order valence-electron chi connectivity index (χ4n) is 1.11. The Hall–Kier alpha value is 0.0900. The number of hydrogen-bond donors (Lipinski definition) is 0. The Morgan fingerprint density at radius 1 is 1.25 bits per heavy atom. The van der Waals surface area contributed by atoms with Crippen LogP contribution in [0, 0.1) is 0 Å². The molecule has 0 aliphatic heterocycles. The maximum absolute atomic E-state index is 12.2. The Balaban J connectivity index is 3.32. The number of sulfonamides is 1. The fraction of sp³-hybridized carbons (Fsp3) is 0.400. The second kappa shape index (κ2) is 5.16. The third-order valence-electron chi connectivity index (χ3n) is 2.28. The van der Waals surface area contributed by atoms with Crippen LogP contribution in [0.2, 0.25) is 0 Å². The molecule has 0 N–H and O–H groups in total. The van der Waals surface area contributed by atoms with Gasteiger partial charge in [-0.25, -0.2) is 8.42 Å². The molecule has 1 rings (SSSR count). The van der Waals surface area contributed by atoms with E-state index in [2.05, 4.69) is 31.9 Å². The van der Waals surface area contributed by atoms with E-state index in [0.29, 0.717) is 4.47 Å². The van der Waals surface area contributed by atoms with Crippen molar-refractivity contribution in [1.29, 1.82) is 0 Å². The zero-order valence-electron chi connectivity index (χ0n) is 9.24. The Morgan fingerprint density at radius 3 is 2.31 bits per heavy atom. The van der Waals surface area contributed by atoms with Gasteiger partial charge in [0.1, 0.15) is 0 Å². The first-order valence-electron chi connectivity index (χ1n) is 4.70. The summed E-state index contributed by atoms with van der Waals surface area (Å²) in [6.45, 7) is 3.67. The summed E-state index contributed by atoms with van der Waals surface area (Å²) < 4.78 is 27.1. The van der Waals surface area contributed by atoms with Crippen molar-refractivity contribution >= 4 is 41.9 Å². The molecule has 1 aromatic rings. The topological polar surface area (TPSA) is 37.4 Å². The van der Waals surface area contributed by atoms with Gasteiger partial charge < -0.3 is 0 Å². The van der Waals surface area contributed by atoms with Crippen LogP contribution in [0.3, 0.4) is 0 Å². The van der Waals surface area contributed by atoms with E-state index in [9.17, 15) is 8.42 Å². The molecule has 0 spiro atoms. The highest BCUT2D eigenvalue weighted by Gasteiger charge is 2.25. The maximum Gasteiger partial charge on any atom is 0.244 e. The smallest absolute Gasteiger partial charge is 0.207 e. The molecule has 0 aliphatic carbocycles. The van der Waals surface area contributed by atoms with E-state index in [1.165, 1.54) is 4.31 Å². The van der Waals surface area contributed by atoms with Crippen molar-refractivity contribution in [3.8, 4) is 0 Å². The van der Waals surface area contributed by atoms with E-state index in [1.807, 2.05) is 13.8 Å².